The molecule has 12 rings (SSSR count). The Kier molecular flexibility index (Phi) is 17.2. The van der Waals surface area contributed by atoms with Gasteiger partial charge in [0.15, 0.2) is 64.7 Å². The van der Waals surface area contributed by atoms with Crippen LogP contribution in [-0.4, -0.2) is 176 Å². The highest BCUT2D eigenvalue weighted by Crippen LogP contribution is 2.45. The minimum atomic E-state index is -3.56. The molecule has 6 saturated heterocycles. The van der Waals surface area contributed by atoms with Gasteiger partial charge in [-0.1, -0.05) is 0 Å². The van der Waals surface area contributed by atoms with Gasteiger partial charge in [-0.2, -0.15) is 13.6 Å². The lowest BCUT2D eigenvalue weighted by Crippen LogP contribution is -2.42. The van der Waals surface area contributed by atoms with Crippen LogP contribution in [0.15, 0.2) is 88.6 Å². The van der Waals surface area contributed by atoms with Crippen molar-refractivity contribution < 1.29 is 64.4 Å². The van der Waals surface area contributed by atoms with Gasteiger partial charge >= 0.3 is 6.03 Å². The summed E-state index contributed by atoms with van der Waals surface area (Å²) >= 11 is 0. The molecule has 0 radical (unpaired) electrons. The maximum Gasteiger partial charge on any atom is 0.324 e. The van der Waals surface area contributed by atoms with E-state index >= 15 is 0 Å². The number of ether oxygens (including phenoxy) is 6. The van der Waals surface area contributed by atoms with Crippen LogP contribution in [-0.2, 0) is 62.9 Å². The second-order valence-electron chi connectivity index (χ2n) is 21.0. The molecule has 30 nitrogen and oxygen atoms in total. The SMILES string of the molecule is CCNC(=O)[C@H]1O[C@@H](n2cnc3c(N)ncnc32)[C@@H]2OC(C)(C)O[C@@H]21.CCNC(=O)[C@H]1O[C@@H](n2cnc3c(NC(=O)Nc4ccc(S(=O)(=O)N5CCCC5)cc4)ncnc32)[C@@H]2OC(C)(C)O[C@@H]21.O=C=Nc1ccc(S(=O)(=O)N2CCCC2)cc1. The number of amides is 4. The third kappa shape index (κ3) is 12.2. The van der Waals surface area contributed by atoms with E-state index in [0.717, 1.165) is 25.7 Å². The summed E-state index contributed by atoms with van der Waals surface area (Å²) in [5, 5.41) is 10.9. The third-order valence-corrected chi connectivity index (χ3v) is 18.2. The highest BCUT2D eigenvalue weighted by atomic mass is 32.2. The number of aromatic nitrogens is 8. The number of rotatable bonds is 13. The summed E-state index contributed by atoms with van der Waals surface area (Å²) in [5.74, 6) is -1.86. The van der Waals surface area contributed by atoms with Crippen LogP contribution in [0.2, 0.25) is 0 Å². The molecule has 84 heavy (non-hydrogen) atoms. The molecule has 6 aliphatic rings. The Morgan fingerprint density at radius 1 is 0.619 bits per heavy atom. The van der Waals surface area contributed by atoms with Gasteiger partial charge in [-0.25, -0.2) is 56.3 Å². The lowest BCUT2D eigenvalue weighted by Gasteiger charge is -2.24. The molecule has 6 fully saturated rings. The van der Waals surface area contributed by atoms with Gasteiger partial charge in [0.1, 0.15) is 42.6 Å². The van der Waals surface area contributed by atoms with Crippen molar-refractivity contribution in [1.82, 2.24) is 58.3 Å². The van der Waals surface area contributed by atoms with Gasteiger partial charge in [0.05, 0.1) is 28.1 Å². The van der Waals surface area contributed by atoms with E-state index in [0.29, 0.717) is 73.0 Å². The van der Waals surface area contributed by atoms with Gasteiger partial charge < -0.3 is 50.1 Å². The number of anilines is 3. The topological polar surface area (TPSA) is 372 Å². The number of isocyanates is 1. The summed E-state index contributed by atoms with van der Waals surface area (Å²) in [5.41, 5.74) is 8.28. The van der Waals surface area contributed by atoms with Crippen molar-refractivity contribution in [2.75, 3.05) is 55.6 Å². The normalized spacial score (nSPS) is 25.2. The minimum absolute atomic E-state index is 0.142. The van der Waals surface area contributed by atoms with Crippen LogP contribution in [0.5, 0.6) is 0 Å². The fourth-order valence-corrected chi connectivity index (χ4v) is 13.7. The van der Waals surface area contributed by atoms with Crippen LogP contribution < -0.4 is 27.0 Å². The predicted octanol–water partition coefficient (Wildman–Crippen LogP) is 3.21. The van der Waals surface area contributed by atoms with E-state index in [-0.39, 0.29) is 33.2 Å². The summed E-state index contributed by atoms with van der Waals surface area (Å²) in [4.78, 5) is 77.2. The average molecular weight is 1200 g/mol. The summed E-state index contributed by atoms with van der Waals surface area (Å²) in [6, 6.07) is 11.3. The molecule has 0 aliphatic carbocycles. The van der Waals surface area contributed by atoms with Crippen molar-refractivity contribution in [3.05, 3.63) is 73.8 Å². The number of nitrogens with zero attached hydrogens (tertiary/aromatic N) is 11. The number of likely N-dealkylation sites (N-methyl/N-ethyl adjacent to an activating group) is 2. The molecule has 0 saturated carbocycles. The number of hydrogen-bond donors (Lipinski definition) is 5. The first-order chi connectivity index (χ1) is 40.1. The number of nitrogens with two attached hydrogens (primary N) is 1. The zero-order chi connectivity index (χ0) is 59.7. The largest absolute Gasteiger partial charge is 0.382 e. The first-order valence-corrected chi connectivity index (χ1v) is 30.1. The molecule has 32 heteroatoms. The Hall–Kier alpha value is -7.49. The Morgan fingerprint density at radius 3 is 1.54 bits per heavy atom. The van der Waals surface area contributed by atoms with Crippen molar-refractivity contribution in [1.29, 1.82) is 0 Å². The highest BCUT2D eigenvalue weighted by molar-refractivity contribution is 7.89. The Balaban J connectivity index is 0.000000157. The number of fused-ring (bicyclic) bond motifs is 4. The number of hydrogen-bond acceptors (Lipinski definition) is 22. The quantitative estimate of drug-likeness (QED) is 0.0818. The summed E-state index contributed by atoms with van der Waals surface area (Å²) in [6.07, 6.45) is 5.28. The van der Waals surface area contributed by atoms with E-state index in [2.05, 4.69) is 56.2 Å². The second kappa shape index (κ2) is 24.2. The Labute approximate surface area is 482 Å². The summed E-state index contributed by atoms with van der Waals surface area (Å²) in [7, 11) is -6.93. The van der Waals surface area contributed by atoms with Crippen molar-refractivity contribution >= 4 is 89.3 Å². The Morgan fingerprint density at radius 2 is 1.06 bits per heavy atom. The number of urea groups is 1. The standard InChI is InChI=1S/C26H32N8O7S.C15H20N6O4.C11H12N2O3S/c1-4-27-23(35)19-18-20(41-26(2,3)40-18)24(39-19)34-14-30-17-21(28-13-29-22(17)34)32-25(36)31-15-7-9-16(10-8-15)42(37,38)33-11-5-6-12-33;1-4-17-13(22)9-8-10(25-15(2,3)24-8)14(23-9)21-6-20-7-11(16)18-5-19-12(7)21;14-9-12-10-3-5-11(6-4-10)17(15,16)13-7-1-2-8-13/h7-10,13-14,18-20,24H,4-6,11-12H2,1-3H3,(H,27,35)(H2,28,29,31,32,36);5-6,8-10,14H,4H2,1-3H3,(H,17,22)(H2,16,18,19);3-6H,1-2,7-8H2/t18-,19+,20-,24-;8-,9+,10-,14-;/m11./s1. The lowest BCUT2D eigenvalue weighted by molar-refractivity contribution is -0.198. The molecule has 4 amide bonds. The lowest BCUT2D eigenvalue weighted by atomic mass is 10.1. The smallest absolute Gasteiger partial charge is 0.324 e. The molecule has 6 aliphatic heterocycles. The molecule has 448 valence electrons. The number of aliphatic imine (C=N–C) groups is 1. The van der Waals surface area contributed by atoms with Gasteiger partial charge in [0.25, 0.3) is 11.8 Å². The van der Waals surface area contributed by atoms with Gasteiger partial charge in [-0.15, -0.1) is 0 Å². The van der Waals surface area contributed by atoms with E-state index in [9.17, 15) is 36.0 Å². The number of imidazole rings is 2. The minimum Gasteiger partial charge on any atom is -0.382 e. The number of nitrogens with one attached hydrogen (secondary N) is 4. The number of nitrogen functional groups attached to an aromatic ring is 1. The monoisotopic (exact) mass is 1200 g/mol. The first-order valence-electron chi connectivity index (χ1n) is 27.2. The van der Waals surface area contributed by atoms with E-state index in [1.54, 1.807) is 29.3 Å². The van der Waals surface area contributed by atoms with Crippen molar-refractivity contribution in [3.8, 4) is 0 Å². The van der Waals surface area contributed by atoms with Crippen LogP contribution in [0.25, 0.3) is 22.3 Å². The van der Waals surface area contributed by atoms with Crippen LogP contribution in [0, 0.1) is 0 Å². The molecule has 6 N–H and O–H groups in total. The zero-order valence-electron chi connectivity index (χ0n) is 46.6. The molecule has 0 unspecified atom stereocenters. The molecule has 8 atom stereocenters. The summed E-state index contributed by atoms with van der Waals surface area (Å²) < 4.78 is 92.2. The fourth-order valence-electron chi connectivity index (χ4n) is 10.6. The number of benzene rings is 2. The van der Waals surface area contributed by atoms with Crippen LogP contribution in [0.1, 0.15) is 79.7 Å². The highest BCUT2D eigenvalue weighted by Gasteiger charge is 2.59. The van der Waals surface area contributed by atoms with Gasteiger partial charge in [-0.3, -0.25) is 24.0 Å². The molecule has 10 heterocycles. The second-order valence-corrected chi connectivity index (χ2v) is 24.8. The third-order valence-electron chi connectivity index (χ3n) is 14.3. The maximum atomic E-state index is 12.8. The van der Waals surface area contributed by atoms with E-state index in [1.165, 1.54) is 82.2 Å². The van der Waals surface area contributed by atoms with Crippen LogP contribution in [0.4, 0.5) is 27.8 Å². The molecule has 6 aromatic rings. The maximum absolute atomic E-state index is 12.8. The van der Waals surface area contributed by atoms with Gasteiger partial charge in [0.2, 0.25) is 26.1 Å². The van der Waals surface area contributed by atoms with Crippen molar-refractivity contribution in [2.24, 2.45) is 4.99 Å². The molecule has 2 aromatic carbocycles. The molecular weight excluding hydrogens is 1140 g/mol. The van der Waals surface area contributed by atoms with Crippen LogP contribution >= 0.6 is 0 Å². The van der Waals surface area contributed by atoms with Gasteiger partial charge in [0, 0.05) is 45.0 Å². The fraction of sp³-hybridized carbons (Fsp3) is 0.500. The van der Waals surface area contributed by atoms with Crippen molar-refractivity contribution in [3.63, 3.8) is 0 Å². The number of carbonyl (C=O) groups excluding carboxylic acids is 4. The zero-order valence-corrected chi connectivity index (χ0v) is 48.3. The van der Waals surface area contributed by atoms with E-state index < -0.39 is 86.7 Å². The van der Waals surface area contributed by atoms with E-state index in [4.69, 9.17) is 34.2 Å². The number of sulfonamides is 2. The summed E-state index contributed by atoms with van der Waals surface area (Å²) in [6.45, 7) is 13.9. The molecule has 4 aromatic heterocycles. The average Bonchev–Trinajstić information content (AvgIpc) is 4.46. The van der Waals surface area contributed by atoms with Crippen molar-refractivity contribution in [2.45, 2.75) is 138 Å². The molecular formula is C52H64N16O14S2. The molecule has 0 spiro atoms. The van der Waals surface area contributed by atoms with E-state index in [1.807, 2.05) is 27.7 Å². The van der Waals surface area contributed by atoms with Gasteiger partial charge in [-0.05, 0) is 116 Å². The van der Waals surface area contributed by atoms with Crippen LogP contribution in [0.3, 0.4) is 0 Å². The molecule has 0 bridgehead atoms. The number of carbonyl (C=O) groups is 3. The first kappa shape index (κ1) is 59.7. The predicted molar refractivity (Wildman–Crippen MR) is 297 cm³/mol. The Bertz CT molecular complexity index is 3680.